The van der Waals surface area contributed by atoms with E-state index in [4.69, 9.17) is 4.74 Å². The Bertz CT molecular complexity index is 329. The second-order valence-electron chi connectivity index (χ2n) is 4.91. The SMILES string of the molecule is CCCOc1cc(NCCCCC(C)C)ncn1. The molecule has 0 aliphatic carbocycles. The van der Waals surface area contributed by atoms with Gasteiger partial charge in [0, 0.05) is 12.6 Å². The third-order valence-corrected chi connectivity index (χ3v) is 2.61. The van der Waals surface area contributed by atoms with E-state index >= 15 is 0 Å². The highest BCUT2D eigenvalue weighted by atomic mass is 16.5. The van der Waals surface area contributed by atoms with Gasteiger partial charge in [-0.1, -0.05) is 33.6 Å². The molecular formula is C14H25N3O. The van der Waals surface area contributed by atoms with Gasteiger partial charge in [0.1, 0.15) is 12.1 Å². The number of aromatic nitrogens is 2. The molecule has 0 aliphatic rings. The summed E-state index contributed by atoms with van der Waals surface area (Å²) in [6, 6.07) is 1.86. The zero-order valence-corrected chi connectivity index (χ0v) is 11.8. The van der Waals surface area contributed by atoms with Crippen LogP contribution in [0.15, 0.2) is 12.4 Å². The van der Waals surface area contributed by atoms with Crippen molar-refractivity contribution in [3.05, 3.63) is 12.4 Å². The van der Waals surface area contributed by atoms with Gasteiger partial charge in [-0.15, -0.1) is 0 Å². The van der Waals surface area contributed by atoms with Crippen LogP contribution in [0.25, 0.3) is 0 Å². The van der Waals surface area contributed by atoms with Gasteiger partial charge in [-0.05, 0) is 18.8 Å². The molecule has 4 heteroatoms. The van der Waals surface area contributed by atoms with Crippen LogP contribution in [0.1, 0.15) is 46.5 Å². The molecule has 0 saturated carbocycles. The molecule has 1 rings (SSSR count). The normalized spacial score (nSPS) is 10.7. The predicted octanol–water partition coefficient (Wildman–Crippen LogP) is 3.50. The molecule has 0 radical (unpaired) electrons. The van der Waals surface area contributed by atoms with Crippen LogP contribution in [-0.4, -0.2) is 23.1 Å². The number of hydrogen-bond donors (Lipinski definition) is 1. The zero-order chi connectivity index (χ0) is 13.2. The second-order valence-corrected chi connectivity index (χ2v) is 4.91. The van der Waals surface area contributed by atoms with Crippen LogP contribution in [0, 0.1) is 5.92 Å². The maximum atomic E-state index is 5.46. The van der Waals surface area contributed by atoms with E-state index in [2.05, 4.69) is 36.1 Å². The average Bonchev–Trinajstić information content (AvgIpc) is 2.36. The predicted molar refractivity (Wildman–Crippen MR) is 75.0 cm³/mol. The van der Waals surface area contributed by atoms with Crippen LogP contribution < -0.4 is 10.1 Å². The second kappa shape index (κ2) is 8.72. The Morgan fingerprint density at radius 2 is 2.11 bits per heavy atom. The van der Waals surface area contributed by atoms with Crippen molar-refractivity contribution < 1.29 is 4.74 Å². The van der Waals surface area contributed by atoms with Gasteiger partial charge >= 0.3 is 0 Å². The van der Waals surface area contributed by atoms with Crippen molar-refractivity contribution in [3.8, 4) is 5.88 Å². The fourth-order valence-electron chi connectivity index (χ4n) is 1.62. The lowest BCUT2D eigenvalue weighted by Gasteiger charge is -2.08. The van der Waals surface area contributed by atoms with Crippen LogP contribution in [0.2, 0.25) is 0 Å². The highest BCUT2D eigenvalue weighted by Crippen LogP contribution is 2.12. The summed E-state index contributed by atoms with van der Waals surface area (Å²) in [6.07, 6.45) is 6.25. The zero-order valence-electron chi connectivity index (χ0n) is 11.8. The highest BCUT2D eigenvalue weighted by Gasteiger charge is 1.99. The minimum absolute atomic E-state index is 0.650. The third kappa shape index (κ3) is 6.42. The summed E-state index contributed by atoms with van der Waals surface area (Å²) in [5.41, 5.74) is 0. The lowest BCUT2D eigenvalue weighted by molar-refractivity contribution is 0.305. The molecule has 1 aromatic heterocycles. The molecule has 0 atom stereocenters. The Labute approximate surface area is 110 Å². The summed E-state index contributed by atoms with van der Waals surface area (Å²) >= 11 is 0. The van der Waals surface area contributed by atoms with Crippen LogP contribution in [0.4, 0.5) is 5.82 Å². The van der Waals surface area contributed by atoms with Gasteiger partial charge in [-0.2, -0.15) is 0 Å². The number of hydrogen-bond acceptors (Lipinski definition) is 4. The largest absolute Gasteiger partial charge is 0.478 e. The molecule has 0 aliphatic heterocycles. The van der Waals surface area contributed by atoms with Crippen LogP contribution in [0.3, 0.4) is 0 Å². The molecule has 0 amide bonds. The third-order valence-electron chi connectivity index (χ3n) is 2.61. The number of anilines is 1. The molecule has 0 saturated heterocycles. The first-order chi connectivity index (χ1) is 8.72. The summed E-state index contributed by atoms with van der Waals surface area (Å²) in [5, 5.41) is 3.30. The maximum Gasteiger partial charge on any atom is 0.218 e. The van der Waals surface area contributed by atoms with E-state index in [-0.39, 0.29) is 0 Å². The number of ether oxygens (including phenoxy) is 1. The maximum absolute atomic E-state index is 5.46. The Morgan fingerprint density at radius 3 is 2.83 bits per heavy atom. The van der Waals surface area contributed by atoms with Crippen molar-refractivity contribution in [1.82, 2.24) is 9.97 Å². The number of rotatable bonds is 9. The molecule has 18 heavy (non-hydrogen) atoms. The van der Waals surface area contributed by atoms with Crippen molar-refractivity contribution in [3.63, 3.8) is 0 Å². The molecule has 0 bridgehead atoms. The standard InChI is InChI=1S/C14H25N3O/c1-4-9-18-14-10-13(16-11-17-14)15-8-6-5-7-12(2)3/h10-12H,4-9H2,1-3H3,(H,15,16,17). The van der Waals surface area contributed by atoms with E-state index in [1.54, 1.807) is 6.33 Å². The summed E-state index contributed by atoms with van der Waals surface area (Å²) in [5.74, 6) is 2.29. The molecular weight excluding hydrogens is 226 g/mol. The lowest BCUT2D eigenvalue weighted by Crippen LogP contribution is -2.05. The molecule has 1 aromatic rings. The molecule has 0 unspecified atom stereocenters. The van der Waals surface area contributed by atoms with Gasteiger partial charge in [0.2, 0.25) is 5.88 Å². The summed E-state index contributed by atoms with van der Waals surface area (Å²) in [7, 11) is 0. The van der Waals surface area contributed by atoms with Gasteiger partial charge in [0.15, 0.2) is 0 Å². The Kier molecular flexibility index (Phi) is 7.14. The van der Waals surface area contributed by atoms with Gasteiger partial charge in [-0.3, -0.25) is 0 Å². The van der Waals surface area contributed by atoms with Crippen molar-refractivity contribution in [2.75, 3.05) is 18.5 Å². The van der Waals surface area contributed by atoms with E-state index < -0.39 is 0 Å². The topological polar surface area (TPSA) is 47.0 Å². The van der Waals surface area contributed by atoms with Gasteiger partial charge in [-0.25, -0.2) is 9.97 Å². The Morgan fingerprint density at radius 1 is 1.28 bits per heavy atom. The van der Waals surface area contributed by atoms with E-state index in [9.17, 15) is 0 Å². The van der Waals surface area contributed by atoms with E-state index in [1.807, 2.05) is 6.07 Å². The fourth-order valence-corrected chi connectivity index (χ4v) is 1.62. The summed E-state index contributed by atoms with van der Waals surface area (Å²) < 4.78 is 5.46. The number of unbranched alkanes of at least 4 members (excludes halogenated alkanes) is 1. The summed E-state index contributed by atoms with van der Waals surface area (Å²) in [6.45, 7) is 8.25. The van der Waals surface area contributed by atoms with Crippen LogP contribution in [0.5, 0.6) is 5.88 Å². The Balaban J connectivity index is 2.24. The highest BCUT2D eigenvalue weighted by molar-refractivity contribution is 5.36. The monoisotopic (exact) mass is 251 g/mol. The van der Waals surface area contributed by atoms with Crippen molar-refractivity contribution in [2.45, 2.75) is 46.5 Å². The molecule has 4 nitrogen and oxygen atoms in total. The molecule has 102 valence electrons. The summed E-state index contributed by atoms with van der Waals surface area (Å²) in [4.78, 5) is 8.25. The number of nitrogens with zero attached hydrogens (tertiary/aromatic N) is 2. The van der Waals surface area contributed by atoms with Gasteiger partial charge in [0.25, 0.3) is 0 Å². The minimum atomic E-state index is 0.650. The Hall–Kier alpha value is -1.32. The molecule has 1 heterocycles. The van der Waals surface area contributed by atoms with Crippen LogP contribution >= 0.6 is 0 Å². The first kappa shape index (κ1) is 14.7. The lowest BCUT2D eigenvalue weighted by atomic mass is 10.1. The van der Waals surface area contributed by atoms with E-state index in [0.29, 0.717) is 12.5 Å². The molecule has 1 N–H and O–H groups in total. The van der Waals surface area contributed by atoms with Crippen molar-refractivity contribution >= 4 is 5.82 Å². The average molecular weight is 251 g/mol. The molecule has 0 aromatic carbocycles. The van der Waals surface area contributed by atoms with Gasteiger partial charge in [0.05, 0.1) is 6.61 Å². The first-order valence-electron chi connectivity index (χ1n) is 6.91. The number of nitrogens with one attached hydrogen (secondary N) is 1. The van der Waals surface area contributed by atoms with Crippen molar-refractivity contribution in [2.24, 2.45) is 5.92 Å². The quantitative estimate of drug-likeness (QED) is 0.682. The smallest absolute Gasteiger partial charge is 0.218 e. The van der Waals surface area contributed by atoms with E-state index in [0.717, 1.165) is 24.7 Å². The minimum Gasteiger partial charge on any atom is -0.478 e. The molecule has 0 spiro atoms. The first-order valence-corrected chi connectivity index (χ1v) is 6.91. The van der Waals surface area contributed by atoms with E-state index in [1.165, 1.54) is 19.3 Å². The fraction of sp³-hybridized carbons (Fsp3) is 0.714. The molecule has 0 fully saturated rings. The van der Waals surface area contributed by atoms with Crippen LogP contribution in [-0.2, 0) is 0 Å². The van der Waals surface area contributed by atoms with Gasteiger partial charge < -0.3 is 10.1 Å². The van der Waals surface area contributed by atoms with Crippen molar-refractivity contribution in [1.29, 1.82) is 0 Å².